The highest BCUT2D eigenvalue weighted by atomic mass is 16.5. The molecule has 0 bridgehead atoms. The van der Waals surface area contributed by atoms with Crippen LogP contribution in [0.2, 0.25) is 0 Å². The van der Waals surface area contributed by atoms with E-state index in [9.17, 15) is 14.7 Å². The second kappa shape index (κ2) is 10.7. The van der Waals surface area contributed by atoms with Crippen LogP contribution in [-0.2, 0) is 11.2 Å². The van der Waals surface area contributed by atoms with Crippen LogP contribution in [0, 0.1) is 11.3 Å². The van der Waals surface area contributed by atoms with E-state index in [0.29, 0.717) is 36.4 Å². The molecule has 0 saturated heterocycles. The summed E-state index contributed by atoms with van der Waals surface area (Å²) >= 11 is 0. The van der Waals surface area contributed by atoms with Crippen LogP contribution in [0.15, 0.2) is 48.5 Å². The van der Waals surface area contributed by atoms with Crippen molar-refractivity contribution < 1.29 is 19.4 Å². The van der Waals surface area contributed by atoms with E-state index in [4.69, 9.17) is 10.00 Å². The van der Waals surface area contributed by atoms with E-state index in [1.54, 1.807) is 43.3 Å². The van der Waals surface area contributed by atoms with Crippen molar-refractivity contribution in [2.45, 2.75) is 13.3 Å². The fraction of sp³-hybridized carbons (Fsp3) is 0.286. The maximum atomic E-state index is 12.5. The number of carbonyl (C=O) groups excluding carboxylic acids is 2. The van der Waals surface area contributed by atoms with Crippen molar-refractivity contribution >= 4 is 17.7 Å². The Bertz CT molecular complexity index is 826. The first-order valence-electron chi connectivity index (χ1n) is 9.00. The highest BCUT2D eigenvalue weighted by Gasteiger charge is 2.13. The van der Waals surface area contributed by atoms with Crippen molar-refractivity contribution in [2.75, 3.05) is 31.6 Å². The van der Waals surface area contributed by atoms with Crippen LogP contribution >= 0.6 is 0 Å². The number of nitriles is 1. The third-order valence-electron chi connectivity index (χ3n) is 4.06. The number of amides is 2. The minimum absolute atomic E-state index is 0.150. The molecule has 0 aliphatic heterocycles. The Morgan fingerprint density at radius 1 is 1.11 bits per heavy atom. The second-order valence-electron chi connectivity index (χ2n) is 6.00. The number of hydrogen-bond donors (Lipinski definition) is 2. The first kappa shape index (κ1) is 20.9. The van der Waals surface area contributed by atoms with Crippen molar-refractivity contribution in [1.29, 1.82) is 5.26 Å². The number of nitrogens with one attached hydrogen (secondary N) is 1. The molecular weight excluding hydrogens is 358 g/mol. The lowest BCUT2D eigenvalue weighted by atomic mass is 10.1. The molecule has 2 aromatic rings. The van der Waals surface area contributed by atoms with Crippen molar-refractivity contribution in [3.8, 4) is 6.07 Å². The van der Waals surface area contributed by atoms with Crippen LogP contribution in [0.3, 0.4) is 0 Å². The minimum atomic E-state index is -0.363. The number of urea groups is 1. The lowest BCUT2D eigenvalue weighted by Crippen LogP contribution is -2.38. The maximum absolute atomic E-state index is 12.5. The van der Waals surface area contributed by atoms with Gasteiger partial charge in [-0.05, 0) is 55.3 Å². The number of carbonyl (C=O) groups is 2. The molecular formula is C21H23N3O4. The van der Waals surface area contributed by atoms with Crippen molar-refractivity contribution in [3.05, 3.63) is 65.2 Å². The standard InChI is InChI=1S/C21H23N3O4/c1-2-28-20(26)18-7-3-16(4-8-18)11-12-24(13-14-25)21(27)23-19-9-5-17(15-22)6-10-19/h3-10,25H,2,11-14H2,1H3,(H,23,27). The third-order valence-corrected chi connectivity index (χ3v) is 4.06. The van der Waals surface area contributed by atoms with Gasteiger partial charge in [0.05, 0.1) is 30.4 Å². The Morgan fingerprint density at radius 3 is 2.36 bits per heavy atom. The Morgan fingerprint density at radius 2 is 1.79 bits per heavy atom. The number of benzene rings is 2. The molecule has 7 heteroatoms. The quantitative estimate of drug-likeness (QED) is 0.685. The highest BCUT2D eigenvalue weighted by molar-refractivity contribution is 5.90. The van der Waals surface area contributed by atoms with Crippen molar-refractivity contribution in [1.82, 2.24) is 4.90 Å². The number of rotatable bonds is 8. The number of ether oxygens (including phenoxy) is 1. The summed E-state index contributed by atoms with van der Waals surface area (Å²) in [5.74, 6) is -0.363. The molecule has 0 spiro atoms. The fourth-order valence-electron chi connectivity index (χ4n) is 2.55. The topological polar surface area (TPSA) is 103 Å². The van der Waals surface area contributed by atoms with Crippen molar-refractivity contribution in [2.24, 2.45) is 0 Å². The van der Waals surface area contributed by atoms with E-state index < -0.39 is 0 Å². The number of nitrogens with zero attached hydrogens (tertiary/aromatic N) is 2. The second-order valence-corrected chi connectivity index (χ2v) is 6.00. The molecule has 0 aliphatic rings. The van der Waals surface area contributed by atoms with Crippen LogP contribution in [0.5, 0.6) is 0 Å². The average molecular weight is 381 g/mol. The monoisotopic (exact) mass is 381 g/mol. The summed E-state index contributed by atoms with van der Waals surface area (Å²) in [5.41, 5.74) is 2.53. The molecule has 7 nitrogen and oxygen atoms in total. The van der Waals surface area contributed by atoms with Crippen LogP contribution < -0.4 is 5.32 Å². The van der Waals surface area contributed by atoms with Gasteiger partial charge in [0.2, 0.25) is 0 Å². The summed E-state index contributed by atoms with van der Waals surface area (Å²) in [7, 11) is 0. The molecule has 0 unspecified atom stereocenters. The molecule has 0 radical (unpaired) electrons. The van der Waals surface area contributed by atoms with Gasteiger partial charge >= 0.3 is 12.0 Å². The summed E-state index contributed by atoms with van der Waals surface area (Å²) in [4.78, 5) is 25.7. The van der Waals surface area contributed by atoms with Crippen LogP contribution in [-0.4, -0.2) is 48.3 Å². The van der Waals surface area contributed by atoms with Crippen LogP contribution in [0.25, 0.3) is 0 Å². The van der Waals surface area contributed by atoms with E-state index in [2.05, 4.69) is 5.32 Å². The van der Waals surface area contributed by atoms with E-state index in [1.807, 2.05) is 18.2 Å². The SMILES string of the molecule is CCOC(=O)c1ccc(CCN(CCO)C(=O)Nc2ccc(C#N)cc2)cc1. The molecule has 0 heterocycles. The zero-order chi connectivity index (χ0) is 20.4. The molecule has 2 N–H and O–H groups in total. The molecule has 0 saturated carbocycles. The Kier molecular flexibility index (Phi) is 8.00. The van der Waals surface area contributed by atoms with E-state index >= 15 is 0 Å². The summed E-state index contributed by atoms with van der Waals surface area (Å²) < 4.78 is 4.95. The zero-order valence-electron chi connectivity index (χ0n) is 15.7. The Balaban J connectivity index is 1.95. The van der Waals surface area contributed by atoms with Crippen LogP contribution in [0.1, 0.15) is 28.4 Å². The fourth-order valence-corrected chi connectivity index (χ4v) is 2.55. The maximum Gasteiger partial charge on any atom is 0.338 e. The first-order valence-corrected chi connectivity index (χ1v) is 9.00. The number of esters is 1. The van der Waals surface area contributed by atoms with Crippen LogP contribution in [0.4, 0.5) is 10.5 Å². The zero-order valence-corrected chi connectivity index (χ0v) is 15.7. The summed E-state index contributed by atoms with van der Waals surface area (Å²) in [6.45, 7) is 2.53. The van der Waals surface area contributed by atoms with Gasteiger partial charge in [0, 0.05) is 18.8 Å². The van der Waals surface area contributed by atoms with Gasteiger partial charge in [-0.25, -0.2) is 9.59 Å². The molecule has 2 rings (SSSR count). The minimum Gasteiger partial charge on any atom is -0.462 e. The van der Waals surface area contributed by atoms with Gasteiger partial charge in [-0.2, -0.15) is 5.26 Å². The van der Waals surface area contributed by atoms with Gasteiger partial charge in [-0.3, -0.25) is 0 Å². The first-order chi connectivity index (χ1) is 13.6. The summed E-state index contributed by atoms with van der Waals surface area (Å²) in [6, 6.07) is 15.3. The molecule has 0 fully saturated rings. The summed E-state index contributed by atoms with van der Waals surface area (Å²) in [5, 5.41) is 20.8. The number of anilines is 1. The predicted molar refractivity (Wildman–Crippen MR) is 105 cm³/mol. The lowest BCUT2D eigenvalue weighted by molar-refractivity contribution is 0.0526. The van der Waals surface area contributed by atoms with E-state index in [1.165, 1.54) is 4.90 Å². The van der Waals surface area contributed by atoms with E-state index in [0.717, 1.165) is 5.56 Å². The Labute approximate surface area is 164 Å². The molecule has 146 valence electrons. The van der Waals surface area contributed by atoms with Crippen molar-refractivity contribution in [3.63, 3.8) is 0 Å². The van der Waals surface area contributed by atoms with Gasteiger partial charge in [-0.15, -0.1) is 0 Å². The number of aliphatic hydroxyl groups excluding tert-OH is 1. The van der Waals surface area contributed by atoms with Gasteiger partial charge in [0.25, 0.3) is 0 Å². The summed E-state index contributed by atoms with van der Waals surface area (Å²) in [6.07, 6.45) is 0.573. The van der Waals surface area contributed by atoms with E-state index in [-0.39, 0.29) is 25.2 Å². The third kappa shape index (κ3) is 6.11. The molecule has 2 amide bonds. The molecule has 0 aliphatic carbocycles. The predicted octanol–water partition coefficient (Wildman–Crippen LogP) is 2.80. The van der Waals surface area contributed by atoms with Gasteiger partial charge in [0.15, 0.2) is 0 Å². The van der Waals surface area contributed by atoms with Gasteiger partial charge in [-0.1, -0.05) is 12.1 Å². The average Bonchev–Trinajstić information content (AvgIpc) is 2.72. The molecule has 2 aromatic carbocycles. The molecule has 28 heavy (non-hydrogen) atoms. The highest BCUT2D eigenvalue weighted by Crippen LogP contribution is 2.11. The smallest absolute Gasteiger partial charge is 0.338 e. The number of hydrogen-bond acceptors (Lipinski definition) is 5. The van der Waals surface area contributed by atoms with Gasteiger partial charge < -0.3 is 20.1 Å². The Hall–Kier alpha value is -3.37. The van der Waals surface area contributed by atoms with Gasteiger partial charge in [0.1, 0.15) is 0 Å². The lowest BCUT2D eigenvalue weighted by Gasteiger charge is -2.22. The molecule has 0 aromatic heterocycles. The number of aliphatic hydroxyl groups is 1. The normalized spacial score (nSPS) is 10.0. The molecule has 0 atom stereocenters. The largest absolute Gasteiger partial charge is 0.462 e.